The van der Waals surface area contributed by atoms with Gasteiger partial charge in [0, 0.05) is 33.6 Å². The summed E-state index contributed by atoms with van der Waals surface area (Å²) in [6, 6.07) is 69.8. The first kappa shape index (κ1) is 30.9. The number of para-hydroxylation sites is 1. The zero-order chi connectivity index (χ0) is 35.3. The Labute approximate surface area is 308 Å². The number of fused-ring (bicyclic) bond motifs is 5. The molecule has 9 aromatic carbocycles. The highest BCUT2D eigenvalue weighted by atomic mass is 16.3. The summed E-state index contributed by atoms with van der Waals surface area (Å²) in [4.78, 5) is 2.34. The minimum atomic E-state index is 0.902. The average Bonchev–Trinajstić information content (AvgIpc) is 3.57. The highest BCUT2D eigenvalue weighted by Crippen LogP contribution is 2.41. The predicted molar refractivity (Wildman–Crippen MR) is 224 cm³/mol. The molecule has 0 spiro atoms. The van der Waals surface area contributed by atoms with Crippen LogP contribution in [0.2, 0.25) is 0 Å². The van der Waals surface area contributed by atoms with Gasteiger partial charge in [-0.1, -0.05) is 146 Å². The van der Waals surface area contributed by atoms with Gasteiger partial charge in [0.15, 0.2) is 0 Å². The van der Waals surface area contributed by atoms with E-state index < -0.39 is 0 Å². The van der Waals surface area contributed by atoms with Gasteiger partial charge in [-0.05, 0) is 110 Å². The van der Waals surface area contributed by atoms with Crippen molar-refractivity contribution in [3.05, 3.63) is 200 Å². The van der Waals surface area contributed by atoms with Crippen LogP contribution in [0.5, 0.6) is 0 Å². The lowest BCUT2D eigenvalue weighted by Gasteiger charge is -2.26. The van der Waals surface area contributed by atoms with Crippen LogP contribution in [0.25, 0.3) is 76.9 Å². The van der Waals surface area contributed by atoms with Gasteiger partial charge < -0.3 is 9.32 Å². The van der Waals surface area contributed by atoms with E-state index in [9.17, 15) is 0 Å². The largest absolute Gasteiger partial charge is 0.456 e. The molecule has 0 radical (unpaired) electrons. The topological polar surface area (TPSA) is 16.4 Å². The fourth-order valence-electron chi connectivity index (χ4n) is 7.95. The molecule has 1 heterocycles. The van der Waals surface area contributed by atoms with Crippen molar-refractivity contribution in [2.45, 2.75) is 6.92 Å². The van der Waals surface area contributed by atoms with E-state index in [0.29, 0.717) is 0 Å². The van der Waals surface area contributed by atoms with Crippen molar-refractivity contribution in [2.24, 2.45) is 0 Å². The number of furan rings is 1. The molecule has 0 bridgehead atoms. The molecule has 0 fully saturated rings. The Morgan fingerprint density at radius 2 is 0.943 bits per heavy atom. The first-order valence-electron chi connectivity index (χ1n) is 18.2. The van der Waals surface area contributed by atoms with Gasteiger partial charge in [-0.15, -0.1) is 0 Å². The van der Waals surface area contributed by atoms with Gasteiger partial charge in [0.25, 0.3) is 0 Å². The number of hydrogen-bond acceptors (Lipinski definition) is 2. The van der Waals surface area contributed by atoms with Crippen LogP contribution in [-0.2, 0) is 0 Å². The van der Waals surface area contributed by atoms with Gasteiger partial charge in [0.1, 0.15) is 11.3 Å². The van der Waals surface area contributed by atoms with Gasteiger partial charge in [0.2, 0.25) is 0 Å². The maximum absolute atomic E-state index is 6.43. The Hall–Kier alpha value is -6.90. The van der Waals surface area contributed by atoms with Gasteiger partial charge in [-0.2, -0.15) is 0 Å². The summed E-state index contributed by atoms with van der Waals surface area (Å²) in [5.74, 6) is 0.902. The molecule has 0 atom stereocenters. The standard InChI is InChI=1S/C51H35NO/c1-34-45-15-6-7-19-50(45)53-51(34)41-13-8-14-44(33-41)52(43-29-24-38(25-30-43)48-18-9-12-36-10-2-4-16-46(36)48)42-27-22-35(23-28-42)39-26-31-49-40(32-39)21-20-37-11-3-5-17-47(37)49/h2-33H,1H3. The molecular weight excluding hydrogens is 643 g/mol. The average molecular weight is 678 g/mol. The summed E-state index contributed by atoms with van der Waals surface area (Å²) in [5, 5.41) is 8.72. The van der Waals surface area contributed by atoms with Crippen LogP contribution in [0.4, 0.5) is 17.1 Å². The lowest BCUT2D eigenvalue weighted by atomic mass is 9.97. The number of nitrogens with zero attached hydrogens (tertiary/aromatic N) is 1. The molecular formula is C51H35NO. The Kier molecular flexibility index (Phi) is 7.40. The second-order valence-corrected chi connectivity index (χ2v) is 13.8. The second kappa shape index (κ2) is 12.7. The van der Waals surface area contributed by atoms with Crippen molar-refractivity contribution in [3.63, 3.8) is 0 Å². The van der Waals surface area contributed by atoms with E-state index in [2.05, 4.69) is 194 Å². The van der Waals surface area contributed by atoms with Crippen molar-refractivity contribution in [2.75, 3.05) is 4.90 Å². The number of aryl methyl sites for hydroxylation is 1. The minimum Gasteiger partial charge on any atom is -0.456 e. The van der Waals surface area contributed by atoms with Crippen LogP contribution < -0.4 is 4.90 Å². The number of hydrogen-bond donors (Lipinski definition) is 0. The molecule has 0 aliphatic rings. The third-order valence-corrected chi connectivity index (χ3v) is 10.6. The lowest BCUT2D eigenvalue weighted by Crippen LogP contribution is -2.10. The molecule has 2 nitrogen and oxygen atoms in total. The summed E-state index contributed by atoms with van der Waals surface area (Å²) in [6.45, 7) is 2.14. The molecule has 0 aliphatic carbocycles. The summed E-state index contributed by atoms with van der Waals surface area (Å²) in [7, 11) is 0. The Bertz CT molecular complexity index is 2950. The molecule has 0 unspecified atom stereocenters. The third-order valence-electron chi connectivity index (χ3n) is 10.6. The molecule has 1 aromatic heterocycles. The summed E-state index contributed by atoms with van der Waals surface area (Å²) < 4.78 is 6.43. The van der Waals surface area contributed by atoms with Crippen molar-refractivity contribution in [1.29, 1.82) is 0 Å². The van der Waals surface area contributed by atoms with Crippen LogP contribution in [0.1, 0.15) is 5.56 Å². The normalized spacial score (nSPS) is 11.5. The Balaban J connectivity index is 1.06. The highest BCUT2D eigenvalue weighted by Gasteiger charge is 2.18. The molecule has 0 aliphatic heterocycles. The molecule has 53 heavy (non-hydrogen) atoms. The van der Waals surface area contributed by atoms with Gasteiger partial charge in [-0.25, -0.2) is 0 Å². The fraction of sp³-hybridized carbons (Fsp3) is 0.0196. The van der Waals surface area contributed by atoms with Crippen molar-refractivity contribution in [1.82, 2.24) is 0 Å². The minimum absolute atomic E-state index is 0.902. The van der Waals surface area contributed by atoms with E-state index in [1.807, 2.05) is 12.1 Å². The maximum Gasteiger partial charge on any atom is 0.138 e. The van der Waals surface area contributed by atoms with Gasteiger partial charge in [0.05, 0.1) is 0 Å². The first-order chi connectivity index (χ1) is 26.2. The summed E-state index contributed by atoms with van der Waals surface area (Å²) >= 11 is 0. The quantitative estimate of drug-likeness (QED) is 0.163. The van der Waals surface area contributed by atoms with Crippen LogP contribution >= 0.6 is 0 Å². The zero-order valence-corrected chi connectivity index (χ0v) is 29.3. The van der Waals surface area contributed by atoms with Crippen molar-refractivity contribution < 1.29 is 4.42 Å². The van der Waals surface area contributed by atoms with Gasteiger partial charge >= 0.3 is 0 Å². The third kappa shape index (κ3) is 5.44. The highest BCUT2D eigenvalue weighted by molar-refractivity contribution is 6.08. The van der Waals surface area contributed by atoms with Crippen LogP contribution in [0.3, 0.4) is 0 Å². The molecule has 0 saturated carbocycles. The number of rotatable bonds is 6. The monoisotopic (exact) mass is 677 g/mol. The van der Waals surface area contributed by atoms with E-state index in [0.717, 1.165) is 44.9 Å². The lowest BCUT2D eigenvalue weighted by molar-refractivity contribution is 0.629. The maximum atomic E-state index is 6.43. The Morgan fingerprint density at radius 1 is 0.358 bits per heavy atom. The van der Waals surface area contributed by atoms with E-state index >= 15 is 0 Å². The first-order valence-corrected chi connectivity index (χ1v) is 18.2. The fourth-order valence-corrected chi connectivity index (χ4v) is 7.95. The Morgan fingerprint density at radius 3 is 1.72 bits per heavy atom. The molecule has 10 aromatic rings. The zero-order valence-electron chi connectivity index (χ0n) is 29.3. The molecule has 0 amide bonds. The SMILES string of the molecule is Cc1c(-c2cccc(N(c3ccc(-c4ccc5c(ccc6ccccc65)c4)cc3)c3ccc(-c4cccc5ccccc45)cc3)c2)oc2ccccc12. The number of benzene rings is 9. The molecule has 2 heteroatoms. The van der Waals surface area contributed by atoms with E-state index in [1.54, 1.807) is 0 Å². The van der Waals surface area contributed by atoms with Crippen LogP contribution in [-0.4, -0.2) is 0 Å². The number of anilines is 3. The second-order valence-electron chi connectivity index (χ2n) is 13.8. The van der Waals surface area contributed by atoms with Crippen molar-refractivity contribution in [3.8, 4) is 33.6 Å². The van der Waals surface area contributed by atoms with Gasteiger partial charge in [-0.3, -0.25) is 0 Å². The molecule has 0 saturated heterocycles. The predicted octanol–water partition coefficient (Wildman–Crippen LogP) is 14.7. The van der Waals surface area contributed by atoms with E-state index in [-0.39, 0.29) is 0 Å². The molecule has 10 rings (SSSR count). The van der Waals surface area contributed by atoms with Crippen LogP contribution in [0.15, 0.2) is 199 Å². The van der Waals surface area contributed by atoms with Crippen molar-refractivity contribution >= 4 is 60.3 Å². The smallest absolute Gasteiger partial charge is 0.138 e. The molecule has 0 N–H and O–H groups in total. The molecule has 250 valence electrons. The summed E-state index contributed by atoms with van der Waals surface area (Å²) in [5.41, 5.74) is 11.1. The van der Waals surface area contributed by atoms with Crippen LogP contribution in [0, 0.1) is 6.92 Å². The van der Waals surface area contributed by atoms with E-state index in [1.165, 1.54) is 54.6 Å². The summed E-state index contributed by atoms with van der Waals surface area (Å²) in [6.07, 6.45) is 0. The van der Waals surface area contributed by atoms with E-state index in [4.69, 9.17) is 4.42 Å².